The maximum atomic E-state index is 10.2. The summed E-state index contributed by atoms with van der Waals surface area (Å²) in [6.45, 7) is 8.36. The van der Waals surface area contributed by atoms with Gasteiger partial charge >= 0.3 is 0 Å². The van der Waals surface area contributed by atoms with Crippen LogP contribution in [0.1, 0.15) is 72.6 Å². The lowest BCUT2D eigenvalue weighted by Gasteiger charge is -2.14. The molecule has 1 aliphatic rings. The van der Waals surface area contributed by atoms with Crippen molar-refractivity contribution >= 4 is 6.29 Å². The summed E-state index contributed by atoms with van der Waals surface area (Å²) in [5.74, 6) is 0.406. The number of aldehydes is 1. The van der Waals surface area contributed by atoms with E-state index in [1.54, 1.807) is 0 Å². The summed E-state index contributed by atoms with van der Waals surface area (Å²) >= 11 is 0. The molecule has 0 aliphatic heterocycles. The van der Waals surface area contributed by atoms with E-state index in [0.717, 1.165) is 19.1 Å². The Morgan fingerprint density at radius 2 is 1.43 bits per heavy atom. The van der Waals surface area contributed by atoms with Crippen molar-refractivity contribution in [2.24, 2.45) is 5.92 Å². The summed E-state index contributed by atoms with van der Waals surface area (Å²) in [6.07, 6.45) is 9.91. The Labute approximate surface area is 90.3 Å². The third kappa shape index (κ3) is 11.7. The number of hydrogen-bond acceptors (Lipinski definition) is 1. The van der Waals surface area contributed by atoms with E-state index in [0.29, 0.717) is 5.92 Å². The highest BCUT2D eigenvalue weighted by Gasteiger charge is 2.10. The van der Waals surface area contributed by atoms with Gasteiger partial charge in [0.2, 0.25) is 0 Å². The van der Waals surface area contributed by atoms with Gasteiger partial charge in [-0.2, -0.15) is 0 Å². The summed E-state index contributed by atoms with van der Waals surface area (Å²) in [6, 6.07) is 0. The number of hydrogen-bond donors (Lipinski definition) is 0. The molecule has 14 heavy (non-hydrogen) atoms. The molecule has 0 unspecified atom stereocenters. The molecule has 0 amide bonds. The van der Waals surface area contributed by atoms with E-state index in [9.17, 15) is 4.79 Å². The molecule has 1 aliphatic carbocycles. The van der Waals surface area contributed by atoms with E-state index in [-0.39, 0.29) is 0 Å². The first-order chi connectivity index (χ1) is 6.85. The average Bonchev–Trinajstić information content (AvgIpc) is 2.33. The minimum absolute atomic E-state index is 0.406. The first-order valence-corrected chi connectivity index (χ1v) is 6.30. The molecule has 86 valence electrons. The van der Waals surface area contributed by atoms with Crippen LogP contribution in [0.5, 0.6) is 0 Å². The van der Waals surface area contributed by atoms with E-state index in [1.807, 2.05) is 13.8 Å². The molecule has 0 N–H and O–H groups in total. The highest BCUT2D eigenvalue weighted by molar-refractivity contribution is 5.53. The number of rotatable bonds is 2. The van der Waals surface area contributed by atoms with Crippen LogP contribution in [-0.4, -0.2) is 6.29 Å². The molecule has 0 atom stereocenters. The highest BCUT2D eigenvalue weighted by atomic mass is 16.1. The Hall–Kier alpha value is -0.330. The fourth-order valence-corrected chi connectivity index (χ4v) is 1.27. The zero-order chi connectivity index (χ0) is 11.2. The molecule has 1 saturated carbocycles. The Bertz CT molecular complexity index is 91.4. The second-order valence-corrected chi connectivity index (χ2v) is 3.53. The summed E-state index contributed by atoms with van der Waals surface area (Å²) < 4.78 is 0. The molecule has 0 radical (unpaired) electrons. The van der Waals surface area contributed by atoms with Crippen molar-refractivity contribution in [3.63, 3.8) is 0 Å². The first kappa shape index (κ1) is 16.1. The maximum Gasteiger partial charge on any atom is 0.123 e. The van der Waals surface area contributed by atoms with Gasteiger partial charge < -0.3 is 4.79 Å². The van der Waals surface area contributed by atoms with Gasteiger partial charge in [-0.25, -0.2) is 0 Å². The summed E-state index contributed by atoms with van der Waals surface area (Å²) in [5, 5.41) is 0. The molecule has 1 fully saturated rings. The van der Waals surface area contributed by atoms with Gasteiger partial charge in [-0.3, -0.25) is 0 Å². The van der Waals surface area contributed by atoms with Crippen molar-refractivity contribution in [1.82, 2.24) is 0 Å². The average molecular weight is 200 g/mol. The van der Waals surface area contributed by atoms with Gasteiger partial charge in [-0.15, -0.1) is 0 Å². The second-order valence-electron chi connectivity index (χ2n) is 3.53. The predicted molar refractivity (Wildman–Crippen MR) is 64.6 cm³/mol. The summed E-state index contributed by atoms with van der Waals surface area (Å²) in [5.41, 5.74) is 0. The first-order valence-electron chi connectivity index (χ1n) is 6.30. The Morgan fingerprint density at radius 3 is 1.64 bits per heavy atom. The second kappa shape index (κ2) is 15.2. The van der Waals surface area contributed by atoms with E-state index < -0.39 is 0 Å². The quantitative estimate of drug-likeness (QED) is 0.595. The smallest absolute Gasteiger partial charge is 0.123 e. The summed E-state index contributed by atoms with van der Waals surface area (Å²) in [4.78, 5) is 10.2. The van der Waals surface area contributed by atoms with E-state index in [1.165, 1.54) is 32.1 Å². The maximum absolute atomic E-state index is 10.2. The largest absolute Gasteiger partial charge is 0.303 e. The van der Waals surface area contributed by atoms with Crippen molar-refractivity contribution in [3.8, 4) is 0 Å². The van der Waals surface area contributed by atoms with Crippen LogP contribution >= 0.6 is 0 Å². The van der Waals surface area contributed by atoms with E-state index >= 15 is 0 Å². The number of carbonyl (C=O) groups excluding carboxylic acids is 1. The molecule has 0 aromatic carbocycles. The van der Waals surface area contributed by atoms with E-state index in [2.05, 4.69) is 13.8 Å². The third-order valence-corrected chi connectivity index (χ3v) is 2.34. The van der Waals surface area contributed by atoms with Crippen LogP contribution in [-0.2, 0) is 4.79 Å². The normalized spacial score (nSPS) is 15.7. The molecular formula is C13H28O. The fraction of sp³-hybridized carbons (Fsp3) is 0.923. The molecule has 1 nitrogen and oxygen atoms in total. The van der Waals surface area contributed by atoms with Gasteiger partial charge in [0, 0.05) is 5.92 Å². The topological polar surface area (TPSA) is 17.1 Å². The number of unbranched alkanes of at least 4 members (excludes halogenated alkanes) is 1. The van der Waals surface area contributed by atoms with Gasteiger partial charge in [-0.1, -0.05) is 59.8 Å². The lowest BCUT2D eigenvalue weighted by atomic mass is 9.91. The van der Waals surface area contributed by atoms with Crippen molar-refractivity contribution in [2.75, 3.05) is 0 Å². The molecule has 0 spiro atoms. The van der Waals surface area contributed by atoms with Crippen LogP contribution in [0.3, 0.4) is 0 Å². The molecule has 1 heteroatoms. The molecular weight excluding hydrogens is 172 g/mol. The van der Waals surface area contributed by atoms with Crippen LogP contribution in [0.4, 0.5) is 0 Å². The Balaban J connectivity index is 0. The third-order valence-electron chi connectivity index (χ3n) is 2.34. The van der Waals surface area contributed by atoms with Crippen molar-refractivity contribution < 1.29 is 4.79 Å². The number of carbonyl (C=O) groups is 1. The standard InChI is InChI=1S/C7H12O.C4H10.C2H6/c8-6-7-4-2-1-3-5-7;1-3-4-2;1-2/h6-7H,1-5H2;3-4H2,1-2H3;1-2H3. The van der Waals surface area contributed by atoms with E-state index in [4.69, 9.17) is 0 Å². The van der Waals surface area contributed by atoms with Crippen LogP contribution in [0.25, 0.3) is 0 Å². The van der Waals surface area contributed by atoms with Crippen LogP contribution in [0.2, 0.25) is 0 Å². The zero-order valence-corrected chi connectivity index (χ0v) is 10.5. The van der Waals surface area contributed by atoms with Gasteiger partial charge in [-0.05, 0) is 12.8 Å². The van der Waals surface area contributed by atoms with Crippen LogP contribution in [0, 0.1) is 5.92 Å². The van der Waals surface area contributed by atoms with Crippen molar-refractivity contribution in [1.29, 1.82) is 0 Å². The summed E-state index contributed by atoms with van der Waals surface area (Å²) in [7, 11) is 0. The predicted octanol–water partition coefficient (Wildman–Crippen LogP) is 4.60. The minimum atomic E-state index is 0.406. The molecule has 0 saturated heterocycles. The van der Waals surface area contributed by atoms with Crippen molar-refractivity contribution in [3.05, 3.63) is 0 Å². The van der Waals surface area contributed by atoms with Gasteiger partial charge in [0.05, 0.1) is 0 Å². The molecule has 0 heterocycles. The van der Waals surface area contributed by atoms with Crippen LogP contribution < -0.4 is 0 Å². The monoisotopic (exact) mass is 200 g/mol. The zero-order valence-electron chi connectivity index (χ0n) is 10.5. The minimum Gasteiger partial charge on any atom is -0.303 e. The Kier molecular flexibility index (Phi) is 17.4. The van der Waals surface area contributed by atoms with Gasteiger partial charge in [0.15, 0.2) is 0 Å². The SMILES string of the molecule is CC.CCCC.O=CC1CCCCC1. The van der Waals surface area contributed by atoms with Gasteiger partial charge in [0.1, 0.15) is 6.29 Å². The molecule has 0 aromatic rings. The molecule has 1 rings (SSSR count). The molecule has 0 aromatic heterocycles. The van der Waals surface area contributed by atoms with Crippen LogP contribution in [0.15, 0.2) is 0 Å². The lowest BCUT2D eigenvalue weighted by Crippen LogP contribution is -2.06. The van der Waals surface area contributed by atoms with Gasteiger partial charge in [0.25, 0.3) is 0 Å². The molecule has 0 bridgehead atoms. The lowest BCUT2D eigenvalue weighted by molar-refractivity contribution is -0.111. The fourth-order valence-electron chi connectivity index (χ4n) is 1.27. The Morgan fingerprint density at radius 1 is 1.00 bits per heavy atom. The van der Waals surface area contributed by atoms with Crippen molar-refractivity contribution in [2.45, 2.75) is 72.6 Å². The highest BCUT2D eigenvalue weighted by Crippen LogP contribution is 2.21.